The quantitative estimate of drug-likeness (QED) is 0.788. The summed E-state index contributed by atoms with van der Waals surface area (Å²) in [6, 6.07) is 0. The van der Waals surface area contributed by atoms with E-state index in [1.54, 1.807) is 0 Å². The predicted octanol–water partition coefficient (Wildman–Crippen LogP) is 2.45. The summed E-state index contributed by atoms with van der Waals surface area (Å²) < 4.78 is 0. The second-order valence-corrected chi connectivity index (χ2v) is 6.09. The fourth-order valence-electron chi connectivity index (χ4n) is 2.64. The number of aromatic nitrogens is 2. The van der Waals surface area contributed by atoms with Crippen LogP contribution in [0.3, 0.4) is 0 Å². The third-order valence-corrected chi connectivity index (χ3v) is 4.12. The van der Waals surface area contributed by atoms with Crippen LogP contribution < -0.4 is 11.1 Å². The third-order valence-electron chi connectivity index (χ3n) is 4.12. The van der Waals surface area contributed by atoms with Gasteiger partial charge in [0.1, 0.15) is 17.5 Å². The van der Waals surface area contributed by atoms with E-state index in [9.17, 15) is 5.11 Å². The van der Waals surface area contributed by atoms with Gasteiger partial charge in [0.05, 0.1) is 6.10 Å². The van der Waals surface area contributed by atoms with Crippen LogP contribution in [0.2, 0.25) is 0 Å². The highest BCUT2D eigenvalue weighted by Gasteiger charge is 2.23. The summed E-state index contributed by atoms with van der Waals surface area (Å²) in [4.78, 5) is 8.88. The molecule has 0 bridgehead atoms. The lowest BCUT2D eigenvalue weighted by Gasteiger charge is -2.28. The number of aliphatic hydroxyl groups excluding tert-OH is 1. The minimum absolute atomic E-state index is 0.194. The molecule has 2 rings (SSSR count). The standard InChI is InChI=1S/C15H26N4O/c1-9(2)14-18-13(16)10(3)15(19-14)17-8-11-6-4-5-7-12(11)20/h9,11-12,20H,4-8H2,1-3H3,(H3,16,17,18,19). The van der Waals surface area contributed by atoms with Crippen molar-refractivity contribution in [3.63, 3.8) is 0 Å². The number of rotatable bonds is 4. The smallest absolute Gasteiger partial charge is 0.135 e. The number of hydrogen-bond acceptors (Lipinski definition) is 5. The summed E-state index contributed by atoms with van der Waals surface area (Å²) in [6.45, 7) is 6.78. The van der Waals surface area contributed by atoms with Crippen LogP contribution in [0.4, 0.5) is 11.6 Å². The lowest BCUT2D eigenvalue weighted by Crippen LogP contribution is -2.30. The highest BCUT2D eigenvalue weighted by Crippen LogP contribution is 2.26. The Kier molecular flexibility index (Phi) is 4.81. The largest absolute Gasteiger partial charge is 0.393 e. The van der Waals surface area contributed by atoms with E-state index in [4.69, 9.17) is 5.73 Å². The van der Waals surface area contributed by atoms with Gasteiger partial charge in [-0.05, 0) is 19.8 Å². The van der Waals surface area contributed by atoms with Crippen molar-refractivity contribution in [1.29, 1.82) is 0 Å². The number of hydrogen-bond donors (Lipinski definition) is 3. The van der Waals surface area contributed by atoms with Gasteiger partial charge in [-0.1, -0.05) is 26.7 Å². The van der Waals surface area contributed by atoms with Gasteiger partial charge in [0, 0.05) is 23.9 Å². The SMILES string of the molecule is Cc1c(N)nc(C(C)C)nc1NCC1CCCCC1O. The van der Waals surface area contributed by atoms with Crippen molar-refractivity contribution in [2.75, 3.05) is 17.6 Å². The predicted molar refractivity (Wildman–Crippen MR) is 81.7 cm³/mol. The molecule has 0 spiro atoms. The van der Waals surface area contributed by atoms with E-state index in [1.165, 1.54) is 6.42 Å². The maximum atomic E-state index is 10.0. The summed E-state index contributed by atoms with van der Waals surface area (Å²) in [5.41, 5.74) is 6.84. The first-order valence-electron chi connectivity index (χ1n) is 7.55. The Labute approximate surface area is 121 Å². The molecule has 1 fully saturated rings. The molecule has 2 unspecified atom stereocenters. The molecule has 1 aromatic rings. The van der Waals surface area contributed by atoms with Gasteiger partial charge in [0.2, 0.25) is 0 Å². The van der Waals surface area contributed by atoms with Gasteiger partial charge in [-0.25, -0.2) is 9.97 Å². The molecule has 0 radical (unpaired) electrons. The summed E-state index contributed by atoms with van der Waals surface area (Å²) in [5.74, 6) is 2.66. The molecule has 2 atom stereocenters. The summed E-state index contributed by atoms with van der Waals surface area (Å²) >= 11 is 0. The van der Waals surface area contributed by atoms with E-state index in [2.05, 4.69) is 29.1 Å². The first kappa shape index (κ1) is 15.0. The van der Waals surface area contributed by atoms with Crippen LogP contribution in [0.15, 0.2) is 0 Å². The number of aliphatic hydroxyl groups is 1. The van der Waals surface area contributed by atoms with Crippen LogP contribution in [0, 0.1) is 12.8 Å². The Bertz CT molecular complexity index is 461. The fraction of sp³-hybridized carbons (Fsp3) is 0.733. The van der Waals surface area contributed by atoms with Crippen molar-refractivity contribution in [2.45, 2.75) is 58.5 Å². The second-order valence-electron chi connectivity index (χ2n) is 6.09. The van der Waals surface area contributed by atoms with Crippen molar-refractivity contribution in [3.05, 3.63) is 11.4 Å². The average Bonchev–Trinajstić information content (AvgIpc) is 2.41. The Balaban J connectivity index is 2.08. The Morgan fingerprint density at radius 3 is 2.65 bits per heavy atom. The molecule has 0 amide bonds. The molecule has 112 valence electrons. The number of nitrogen functional groups attached to an aromatic ring is 1. The number of anilines is 2. The molecule has 1 saturated carbocycles. The van der Waals surface area contributed by atoms with E-state index < -0.39 is 0 Å². The van der Waals surface area contributed by atoms with Gasteiger partial charge in [-0.15, -0.1) is 0 Å². The van der Waals surface area contributed by atoms with Gasteiger partial charge in [-0.3, -0.25) is 0 Å². The van der Waals surface area contributed by atoms with Crippen molar-refractivity contribution < 1.29 is 5.11 Å². The van der Waals surface area contributed by atoms with Crippen LogP contribution >= 0.6 is 0 Å². The number of nitrogens with zero attached hydrogens (tertiary/aromatic N) is 2. The normalized spacial score (nSPS) is 23.1. The minimum Gasteiger partial charge on any atom is -0.393 e. The highest BCUT2D eigenvalue weighted by atomic mass is 16.3. The molecule has 1 aromatic heterocycles. The average molecular weight is 278 g/mol. The van der Waals surface area contributed by atoms with Crippen LogP contribution in [-0.4, -0.2) is 27.7 Å². The Hall–Kier alpha value is -1.36. The van der Waals surface area contributed by atoms with Crippen molar-refractivity contribution in [1.82, 2.24) is 9.97 Å². The van der Waals surface area contributed by atoms with E-state index in [0.717, 1.165) is 43.0 Å². The van der Waals surface area contributed by atoms with Crippen molar-refractivity contribution >= 4 is 11.6 Å². The lowest BCUT2D eigenvalue weighted by atomic mass is 9.86. The molecule has 1 aliphatic rings. The van der Waals surface area contributed by atoms with Gasteiger partial charge >= 0.3 is 0 Å². The zero-order chi connectivity index (χ0) is 14.7. The first-order chi connectivity index (χ1) is 9.49. The van der Waals surface area contributed by atoms with Crippen LogP contribution in [0.1, 0.15) is 56.8 Å². The van der Waals surface area contributed by atoms with Crippen LogP contribution in [0.25, 0.3) is 0 Å². The molecule has 0 saturated heterocycles. The van der Waals surface area contributed by atoms with Crippen LogP contribution in [-0.2, 0) is 0 Å². The van der Waals surface area contributed by atoms with E-state index in [0.29, 0.717) is 11.7 Å². The third kappa shape index (κ3) is 3.39. The molecule has 1 heterocycles. The Morgan fingerprint density at radius 1 is 1.30 bits per heavy atom. The first-order valence-corrected chi connectivity index (χ1v) is 7.55. The highest BCUT2D eigenvalue weighted by molar-refractivity contribution is 5.55. The zero-order valence-corrected chi connectivity index (χ0v) is 12.7. The summed E-state index contributed by atoms with van der Waals surface area (Å²) in [5, 5.41) is 13.4. The van der Waals surface area contributed by atoms with Gasteiger partial charge < -0.3 is 16.2 Å². The van der Waals surface area contributed by atoms with Crippen molar-refractivity contribution in [3.8, 4) is 0 Å². The molecule has 20 heavy (non-hydrogen) atoms. The molecule has 0 aliphatic heterocycles. The maximum absolute atomic E-state index is 10.0. The van der Waals surface area contributed by atoms with Gasteiger partial charge in [0.15, 0.2) is 0 Å². The van der Waals surface area contributed by atoms with Gasteiger partial charge in [0.25, 0.3) is 0 Å². The zero-order valence-electron chi connectivity index (χ0n) is 12.7. The van der Waals surface area contributed by atoms with E-state index >= 15 is 0 Å². The topological polar surface area (TPSA) is 84.1 Å². The molecule has 4 N–H and O–H groups in total. The molecule has 0 aromatic carbocycles. The minimum atomic E-state index is -0.194. The van der Waals surface area contributed by atoms with Gasteiger partial charge in [-0.2, -0.15) is 0 Å². The summed E-state index contributed by atoms with van der Waals surface area (Å²) in [7, 11) is 0. The van der Waals surface area contributed by atoms with Crippen LogP contribution in [0.5, 0.6) is 0 Å². The number of nitrogens with one attached hydrogen (secondary N) is 1. The second kappa shape index (κ2) is 6.39. The molecule has 5 heteroatoms. The maximum Gasteiger partial charge on any atom is 0.135 e. The van der Waals surface area contributed by atoms with E-state index in [1.807, 2.05) is 6.92 Å². The monoisotopic (exact) mass is 278 g/mol. The fourth-order valence-corrected chi connectivity index (χ4v) is 2.64. The van der Waals surface area contributed by atoms with E-state index in [-0.39, 0.29) is 12.0 Å². The molecule has 1 aliphatic carbocycles. The molecular formula is C15H26N4O. The van der Waals surface area contributed by atoms with Crippen molar-refractivity contribution in [2.24, 2.45) is 5.92 Å². The summed E-state index contributed by atoms with van der Waals surface area (Å²) in [6.07, 6.45) is 4.12. The molecule has 5 nitrogen and oxygen atoms in total. The lowest BCUT2D eigenvalue weighted by molar-refractivity contribution is 0.0763. The molecular weight excluding hydrogens is 252 g/mol. The Morgan fingerprint density at radius 2 is 2.00 bits per heavy atom. The number of nitrogens with two attached hydrogens (primary N) is 1.